The zero-order valence-corrected chi connectivity index (χ0v) is 17.3. The van der Waals surface area contributed by atoms with Crippen LogP contribution in [0.4, 0.5) is 5.69 Å². The van der Waals surface area contributed by atoms with Crippen LogP contribution in [0.2, 0.25) is 5.02 Å². The SMILES string of the molecule is COc1ccc(Cl)cc1NC(=O)Cc1ccc(S(=O)(=O)N2CCCCC2)s1. The van der Waals surface area contributed by atoms with Gasteiger partial charge in [0.2, 0.25) is 5.91 Å². The second-order valence-corrected chi connectivity index (χ2v) is 10.0. The molecule has 1 aromatic heterocycles. The average molecular weight is 429 g/mol. The van der Waals surface area contributed by atoms with Crippen LogP contribution in [0.1, 0.15) is 24.1 Å². The second-order valence-electron chi connectivity index (χ2n) is 6.26. The maximum atomic E-state index is 12.7. The number of carbonyl (C=O) groups excluding carboxylic acids is 1. The van der Waals surface area contributed by atoms with E-state index in [1.165, 1.54) is 11.4 Å². The van der Waals surface area contributed by atoms with Crippen LogP contribution < -0.4 is 10.1 Å². The summed E-state index contributed by atoms with van der Waals surface area (Å²) in [7, 11) is -1.96. The molecule has 0 radical (unpaired) electrons. The molecule has 0 saturated carbocycles. The zero-order valence-electron chi connectivity index (χ0n) is 14.9. The number of carbonyl (C=O) groups is 1. The zero-order chi connectivity index (χ0) is 19.4. The molecule has 1 aliphatic heterocycles. The Morgan fingerprint density at radius 2 is 1.96 bits per heavy atom. The lowest BCUT2D eigenvalue weighted by Gasteiger charge is -2.25. The number of nitrogens with zero attached hydrogens (tertiary/aromatic N) is 1. The molecule has 2 aromatic rings. The van der Waals surface area contributed by atoms with Crippen molar-refractivity contribution in [2.24, 2.45) is 0 Å². The van der Waals surface area contributed by atoms with Gasteiger partial charge in [-0.1, -0.05) is 18.0 Å². The fourth-order valence-corrected chi connectivity index (χ4v) is 6.15. The Morgan fingerprint density at radius 1 is 1.22 bits per heavy atom. The molecule has 1 amide bonds. The molecule has 27 heavy (non-hydrogen) atoms. The van der Waals surface area contributed by atoms with Crippen molar-refractivity contribution in [1.82, 2.24) is 4.31 Å². The lowest BCUT2D eigenvalue weighted by atomic mass is 10.2. The molecule has 3 rings (SSSR count). The summed E-state index contributed by atoms with van der Waals surface area (Å²) in [4.78, 5) is 13.0. The number of thiophene rings is 1. The molecular formula is C18H21ClN2O4S2. The Morgan fingerprint density at radius 3 is 2.67 bits per heavy atom. The topological polar surface area (TPSA) is 75.7 Å². The van der Waals surface area contributed by atoms with Crippen molar-refractivity contribution in [3.63, 3.8) is 0 Å². The van der Waals surface area contributed by atoms with Gasteiger partial charge in [-0.25, -0.2) is 8.42 Å². The Labute approximate surface area is 168 Å². The quantitative estimate of drug-likeness (QED) is 0.759. The predicted molar refractivity (Wildman–Crippen MR) is 107 cm³/mol. The van der Waals surface area contributed by atoms with Crippen molar-refractivity contribution in [3.8, 4) is 5.75 Å². The molecule has 1 aliphatic rings. The highest BCUT2D eigenvalue weighted by Crippen LogP contribution is 2.29. The Hall–Kier alpha value is -1.61. The first-order chi connectivity index (χ1) is 12.9. The maximum absolute atomic E-state index is 12.7. The number of hydrogen-bond donors (Lipinski definition) is 1. The van der Waals surface area contributed by atoms with Crippen molar-refractivity contribution < 1.29 is 17.9 Å². The number of amides is 1. The predicted octanol–water partition coefficient (Wildman–Crippen LogP) is 3.77. The molecule has 2 heterocycles. The summed E-state index contributed by atoms with van der Waals surface area (Å²) in [5, 5.41) is 3.24. The van der Waals surface area contributed by atoms with Crippen molar-refractivity contribution in [1.29, 1.82) is 0 Å². The average Bonchev–Trinajstić information content (AvgIpc) is 3.12. The van der Waals surface area contributed by atoms with Gasteiger partial charge >= 0.3 is 0 Å². The number of benzene rings is 1. The van der Waals surface area contributed by atoms with Gasteiger partial charge in [-0.05, 0) is 43.2 Å². The van der Waals surface area contributed by atoms with E-state index in [1.54, 1.807) is 30.3 Å². The first-order valence-electron chi connectivity index (χ1n) is 8.62. The van der Waals surface area contributed by atoms with Crippen molar-refractivity contribution in [2.45, 2.75) is 29.9 Å². The Kier molecular flexibility index (Phi) is 6.41. The molecule has 6 nitrogen and oxygen atoms in total. The fraction of sp³-hybridized carbons (Fsp3) is 0.389. The van der Waals surface area contributed by atoms with Crippen LogP contribution in [0.15, 0.2) is 34.5 Å². The molecule has 1 fully saturated rings. The van der Waals surface area contributed by atoms with Crippen molar-refractivity contribution in [2.75, 3.05) is 25.5 Å². The number of halogens is 1. The summed E-state index contributed by atoms with van der Waals surface area (Å²) in [6, 6.07) is 8.23. The molecule has 1 aromatic carbocycles. The van der Waals surface area contributed by atoms with E-state index < -0.39 is 10.0 Å². The van der Waals surface area contributed by atoms with Crippen LogP contribution >= 0.6 is 22.9 Å². The lowest BCUT2D eigenvalue weighted by Crippen LogP contribution is -2.35. The van der Waals surface area contributed by atoms with Crippen LogP contribution in [-0.4, -0.2) is 38.8 Å². The third-order valence-electron chi connectivity index (χ3n) is 4.32. The molecule has 0 atom stereocenters. The van der Waals surface area contributed by atoms with Crippen LogP contribution in [0.3, 0.4) is 0 Å². The van der Waals surface area contributed by atoms with E-state index in [1.807, 2.05) is 0 Å². The van der Waals surface area contributed by atoms with Crippen LogP contribution in [0, 0.1) is 0 Å². The van der Waals surface area contributed by atoms with Crippen LogP contribution in [0.25, 0.3) is 0 Å². The van der Waals surface area contributed by atoms with Crippen molar-refractivity contribution in [3.05, 3.63) is 40.2 Å². The van der Waals surface area contributed by atoms with Gasteiger partial charge in [0.1, 0.15) is 9.96 Å². The van der Waals surface area contributed by atoms with Gasteiger partial charge in [-0.2, -0.15) is 4.31 Å². The van der Waals surface area contributed by atoms with E-state index in [9.17, 15) is 13.2 Å². The number of ether oxygens (including phenoxy) is 1. The van der Waals surface area contributed by atoms with Gasteiger partial charge in [0.05, 0.1) is 19.2 Å². The monoisotopic (exact) mass is 428 g/mol. The third kappa shape index (κ3) is 4.82. The third-order valence-corrected chi connectivity index (χ3v) is 8.00. The first kappa shape index (κ1) is 20.1. The molecule has 0 unspecified atom stereocenters. The molecule has 146 valence electrons. The fourth-order valence-electron chi connectivity index (χ4n) is 2.95. The minimum atomic E-state index is -3.47. The van der Waals surface area contributed by atoms with Gasteiger partial charge < -0.3 is 10.1 Å². The lowest BCUT2D eigenvalue weighted by molar-refractivity contribution is -0.115. The number of sulfonamides is 1. The van der Waals surface area contributed by atoms with Gasteiger partial charge in [-0.3, -0.25) is 4.79 Å². The van der Waals surface area contributed by atoms with E-state index in [0.29, 0.717) is 34.4 Å². The molecule has 0 aliphatic carbocycles. The molecule has 0 bridgehead atoms. The normalized spacial score (nSPS) is 15.5. The number of rotatable bonds is 6. The standard InChI is InChI=1S/C18H21ClN2O4S2/c1-25-16-7-5-13(19)11-15(16)20-17(22)12-14-6-8-18(26-14)27(23,24)21-9-3-2-4-10-21/h5-8,11H,2-4,9-10,12H2,1H3,(H,20,22). The molecular weight excluding hydrogens is 408 g/mol. The number of nitrogens with one attached hydrogen (secondary N) is 1. The Balaban J connectivity index is 1.69. The van der Waals surface area contributed by atoms with Gasteiger partial charge in [-0.15, -0.1) is 11.3 Å². The number of piperidine rings is 1. The van der Waals surface area contributed by atoms with E-state index >= 15 is 0 Å². The molecule has 9 heteroatoms. The van der Waals surface area contributed by atoms with E-state index in [-0.39, 0.29) is 16.5 Å². The number of anilines is 1. The summed E-state index contributed by atoms with van der Waals surface area (Å²) in [5.74, 6) is 0.242. The smallest absolute Gasteiger partial charge is 0.252 e. The highest BCUT2D eigenvalue weighted by atomic mass is 35.5. The molecule has 1 N–H and O–H groups in total. The Bertz CT molecular complexity index is 921. The summed E-state index contributed by atoms with van der Waals surface area (Å²) >= 11 is 7.11. The van der Waals surface area contributed by atoms with Crippen molar-refractivity contribution >= 4 is 44.6 Å². The van der Waals surface area contributed by atoms with Gasteiger partial charge in [0.25, 0.3) is 10.0 Å². The summed E-state index contributed by atoms with van der Waals surface area (Å²) in [5.41, 5.74) is 0.479. The second kappa shape index (κ2) is 8.60. The molecule has 0 spiro atoms. The van der Waals surface area contributed by atoms with E-state index in [2.05, 4.69) is 5.32 Å². The van der Waals surface area contributed by atoms with E-state index in [4.69, 9.17) is 16.3 Å². The number of hydrogen-bond acceptors (Lipinski definition) is 5. The van der Waals surface area contributed by atoms with Gasteiger partial charge in [0, 0.05) is 23.0 Å². The van der Waals surface area contributed by atoms with Crippen LogP contribution in [0.5, 0.6) is 5.75 Å². The molecule has 1 saturated heterocycles. The highest BCUT2D eigenvalue weighted by molar-refractivity contribution is 7.91. The number of methoxy groups -OCH3 is 1. The van der Waals surface area contributed by atoms with E-state index in [0.717, 1.165) is 30.6 Å². The minimum Gasteiger partial charge on any atom is -0.495 e. The maximum Gasteiger partial charge on any atom is 0.252 e. The highest BCUT2D eigenvalue weighted by Gasteiger charge is 2.27. The minimum absolute atomic E-state index is 0.0792. The van der Waals surface area contributed by atoms with Gasteiger partial charge in [0.15, 0.2) is 0 Å². The first-order valence-corrected chi connectivity index (χ1v) is 11.3. The van der Waals surface area contributed by atoms with Crippen LogP contribution in [-0.2, 0) is 21.2 Å². The summed E-state index contributed by atoms with van der Waals surface area (Å²) in [6.07, 6.45) is 2.92. The summed E-state index contributed by atoms with van der Waals surface area (Å²) in [6.45, 7) is 1.12. The largest absolute Gasteiger partial charge is 0.495 e. The summed E-state index contributed by atoms with van der Waals surface area (Å²) < 4.78 is 32.4.